The second kappa shape index (κ2) is 5.46. The minimum atomic E-state index is -0.174. The topological polar surface area (TPSA) is 49.3 Å². The van der Waals surface area contributed by atoms with Crippen LogP contribution in [0, 0.1) is 5.41 Å². The predicted octanol–water partition coefficient (Wildman–Crippen LogP) is 2.28. The number of aliphatic hydroxyl groups excluding tert-OH is 1. The van der Waals surface area contributed by atoms with Crippen molar-refractivity contribution < 1.29 is 9.90 Å². The van der Waals surface area contributed by atoms with E-state index in [1.54, 1.807) is 11.4 Å². The number of nitrogens with one attached hydrogen (secondary N) is 1. The second-order valence-corrected chi connectivity index (χ2v) is 5.91. The molecule has 0 bridgehead atoms. The summed E-state index contributed by atoms with van der Waals surface area (Å²) in [6.07, 6.45) is 0.763. The highest BCUT2D eigenvalue weighted by atomic mass is 32.1. The Kier molecular flexibility index (Phi) is 4.50. The van der Waals surface area contributed by atoms with Gasteiger partial charge < -0.3 is 10.4 Å². The summed E-state index contributed by atoms with van der Waals surface area (Å²) in [5.74, 6) is -0.107. The molecule has 1 aromatic rings. The number of rotatable bonds is 4. The van der Waals surface area contributed by atoms with Crippen molar-refractivity contribution in [2.75, 3.05) is 6.61 Å². The summed E-state index contributed by atoms with van der Waals surface area (Å²) in [5.41, 5.74) is 0.757. The molecule has 1 unspecified atom stereocenters. The molecule has 3 nitrogen and oxygen atoms in total. The van der Waals surface area contributed by atoms with Crippen LogP contribution in [0.4, 0.5) is 0 Å². The molecule has 0 aliphatic rings. The summed E-state index contributed by atoms with van der Waals surface area (Å²) in [6.45, 7) is 6.25. The Balaban J connectivity index is 2.54. The zero-order chi connectivity index (χ0) is 12.2. The highest BCUT2D eigenvalue weighted by Crippen LogP contribution is 2.20. The van der Waals surface area contributed by atoms with Crippen LogP contribution in [0.1, 0.15) is 37.6 Å². The number of hydrogen-bond donors (Lipinski definition) is 2. The molecule has 1 atom stereocenters. The Hall–Kier alpha value is -0.870. The number of thiophene rings is 1. The smallest absolute Gasteiger partial charge is 0.252 e. The molecule has 0 radical (unpaired) electrons. The molecule has 1 rings (SSSR count). The Morgan fingerprint density at radius 1 is 1.56 bits per heavy atom. The van der Waals surface area contributed by atoms with Gasteiger partial charge in [-0.15, -0.1) is 0 Å². The van der Waals surface area contributed by atoms with Crippen molar-refractivity contribution in [2.24, 2.45) is 5.41 Å². The van der Waals surface area contributed by atoms with Gasteiger partial charge in [-0.1, -0.05) is 20.8 Å². The Bertz CT molecular complexity index is 327. The molecule has 0 spiro atoms. The molecule has 0 saturated carbocycles. The van der Waals surface area contributed by atoms with Crippen molar-refractivity contribution in [3.05, 3.63) is 22.4 Å². The summed E-state index contributed by atoms with van der Waals surface area (Å²) in [5, 5.41) is 15.7. The first kappa shape index (κ1) is 13.2. The maximum absolute atomic E-state index is 11.7. The van der Waals surface area contributed by atoms with Gasteiger partial charge in [-0.2, -0.15) is 11.3 Å². The maximum Gasteiger partial charge on any atom is 0.252 e. The van der Waals surface area contributed by atoms with Gasteiger partial charge in [-0.25, -0.2) is 0 Å². The largest absolute Gasteiger partial charge is 0.394 e. The molecule has 90 valence electrons. The van der Waals surface area contributed by atoms with E-state index in [9.17, 15) is 9.90 Å². The summed E-state index contributed by atoms with van der Waals surface area (Å²) < 4.78 is 0. The third-order valence-corrected chi connectivity index (χ3v) is 2.88. The van der Waals surface area contributed by atoms with Gasteiger partial charge in [-0.05, 0) is 23.3 Å². The van der Waals surface area contributed by atoms with Gasteiger partial charge in [0.2, 0.25) is 0 Å². The molecule has 4 heteroatoms. The van der Waals surface area contributed by atoms with E-state index >= 15 is 0 Å². The standard InChI is InChI=1S/C12H19NO2S/c1-12(2,3)6-10(7-14)13-11(15)9-4-5-16-8-9/h4-5,8,10,14H,6-7H2,1-3H3,(H,13,15). The Morgan fingerprint density at radius 2 is 2.25 bits per heavy atom. The first-order valence-corrected chi connectivity index (χ1v) is 6.30. The quantitative estimate of drug-likeness (QED) is 0.849. The van der Waals surface area contributed by atoms with Gasteiger partial charge in [0, 0.05) is 10.9 Å². The average Bonchev–Trinajstić information content (AvgIpc) is 2.67. The van der Waals surface area contributed by atoms with Gasteiger partial charge in [0.1, 0.15) is 0 Å². The van der Waals surface area contributed by atoms with Crippen LogP contribution < -0.4 is 5.32 Å². The van der Waals surface area contributed by atoms with E-state index in [2.05, 4.69) is 26.1 Å². The van der Waals surface area contributed by atoms with Crippen molar-refractivity contribution in [3.63, 3.8) is 0 Å². The van der Waals surface area contributed by atoms with Crippen LogP contribution in [0.3, 0.4) is 0 Å². The van der Waals surface area contributed by atoms with E-state index in [0.29, 0.717) is 5.56 Å². The molecular formula is C12H19NO2S. The van der Waals surface area contributed by atoms with E-state index in [1.165, 1.54) is 11.3 Å². The fourth-order valence-electron chi connectivity index (χ4n) is 1.56. The number of amides is 1. The molecule has 1 aromatic heterocycles. The average molecular weight is 241 g/mol. The zero-order valence-corrected chi connectivity index (χ0v) is 10.8. The van der Waals surface area contributed by atoms with E-state index in [0.717, 1.165) is 6.42 Å². The van der Waals surface area contributed by atoms with Crippen LogP contribution >= 0.6 is 11.3 Å². The normalized spacial score (nSPS) is 13.5. The van der Waals surface area contributed by atoms with Crippen LogP contribution in [-0.2, 0) is 0 Å². The van der Waals surface area contributed by atoms with Gasteiger partial charge in [0.15, 0.2) is 0 Å². The first-order chi connectivity index (χ1) is 7.42. The lowest BCUT2D eigenvalue weighted by molar-refractivity contribution is 0.0898. The van der Waals surface area contributed by atoms with Crippen molar-refractivity contribution >= 4 is 17.2 Å². The van der Waals surface area contributed by atoms with E-state index in [4.69, 9.17) is 0 Å². The number of hydrogen-bond acceptors (Lipinski definition) is 3. The lowest BCUT2D eigenvalue weighted by Gasteiger charge is -2.25. The molecule has 16 heavy (non-hydrogen) atoms. The van der Waals surface area contributed by atoms with Gasteiger partial charge in [0.25, 0.3) is 5.91 Å². The van der Waals surface area contributed by atoms with Crippen molar-refractivity contribution in [2.45, 2.75) is 33.2 Å². The molecule has 0 aliphatic carbocycles. The molecule has 1 heterocycles. The van der Waals surface area contributed by atoms with Gasteiger partial charge in [-0.3, -0.25) is 4.79 Å². The molecular weight excluding hydrogens is 222 g/mol. The highest BCUT2D eigenvalue weighted by Gasteiger charge is 2.20. The van der Waals surface area contributed by atoms with Crippen molar-refractivity contribution in [1.29, 1.82) is 0 Å². The number of aliphatic hydroxyl groups is 1. The lowest BCUT2D eigenvalue weighted by atomic mass is 9.88. The van der Waals surface area contributed by atoms with Gasteiger partial charge in [0.05, 0.1) is 12.6 Å². The second-order valence-electron chi connectivity index (χ2n) is 5.13. The first-order valence-electron chi connectivity index (χ1n) is 5.36. The SMILES string of the molecule is CC(C)(C)CC(CO)NC(=O)c1ccsc1. The van der Waals surface area contributed by atoms with Gasteiger partial charge >= 0.3 is 0 Å². The molecule has 0 aliphatic heterocycles. The van der Waals surface area contributed by atoms with Crippen LogP contribution in [0.2, 0.25) is 0 Å². The summed E-state index contributed by atoms with van der Waals surface area (Å²) in [4.78, 5) is 11.7. The zero-order valence-electron chi connectivity index (χ0n) is 9.99. The highest BCUT2D eigenvalue weighted by molar-refractivity contribution is 7.08. The Morgan fingerprint density at radius 3 is 2.69 bits per heavy atom. The maximum atomic E-state index is 11.7. The van der Waals surface area contributed by atoms with Crippen LogP contribution in [0.25, 0.3) is 0 Å². The van der Waals surface area contributed by atoms with Crippen molar-refractivity contribution in [1.82, 2.24) is 5.32 Å². The molecule has 2 N–H and O–H groups in total. The number of carbonyl (C=O) groups excluding carboxylic acids is 1. The third kappa shape index (κ3) is 4.33. The van der Waals surface area contributed by atoms with E-state index < -0.39 is 0 Å². The fraction of sp³-hybridized carbons (Fsp3) is 0.583. The minimum absolute atomic E-state index is 0.0207. The fourth-order valence-corrected chi connectivity index (χ4v) is 2.20. The molecule has 1 amide bonds. The lowest BCUT2D eigenvalue weighted by Crippen LogP contribution is -2.39. The molecule has 0 saturated heterocycles. The third-order valence-electron chi connectivity index (χ3n) is 2.20. The summed E-state index contributed by atoms with van der Waals surface area (Å²) >= 11 is 1.49. The summed E-state index contributed by atoms with van der Waals surface area (Å²) in [7, 11) is 0. The molecule has 0 aromatic carbocycles. The van der Waals surface area contributed by atoms with Crippen LogP contribution in [0.5, 0.6) is 0 Å². The minimum Gasteiger partial charge on any atom is -0.394 e. The van der Waals surface area contributed by atoms with E-state index in [1.807, 2.05) is 5.38 Å². The van der Waals surface area contributed by atoms with Crippen LogP contribution in [0.15, 0.2) is 16.8 Å². The number of carbonyl (C=O) groups is 1. The van der Waals surface area contributed by atoms with Crippen LogP contribution in [-0.4, -0.2) is 23.7 Å². The Labute approximate surface area is 100 Å². The van der Waals surface area contributed by atoms with E-state index in [-0.39, 0.29) is 24.0 Å². The predicted molar refractivity (Wildman–Crippen MR) is 66.7 cm³/mol. The van der Waals surface area contributed by atoms with Crippen molar-refractivity contribution in [3.8, 4) is 0 Å². The monoisotopic (exact) mass is 241 g/mol. The summed E-state index contributed by atoms with van der Waals surface area (Å²) in [6, 6.07) is 1.61. The molecule has 0 fully saturated rings.